The van der Waals surface area contributed by atoms with Crippen LogP contribution in [0.2, 0.25) is 0 Å². The first-order chi connectivity index (χ1) is 10.7. The highest BCUT2D eigenvalue weighted by atomic mass is 16.6. The maximum absolute atomic E-state index is 11.2. The SMILES string of the molecule is CNC(=O)CO[C@@H]1COC2(CCN(c3cnccn3)CC2)C1. The zero-order valence-corrected chi connectivity index (χ0v) is 12.8. The van der Waals surface area contributed by atoms with E-state index >= 15 is 0 Å². The van der Waals surface area contributed by atoms with Gasteiger partial charge in [-0.05, 0) is 12.8 Å². The summed E-state index contributed by atoms with van der Waals surface area (Å²) in [6, 6.07) is 0. The summed E-state index contributed by atoms with van der Waals surface area (Å²) in [4.78, 5) is 21.9. The van der Waals surface area contributed by atoms with E-state index in [0.29, 0.717) is 6.61 Å². The Hall–Kier alpha value is -1.73. The minimum Gasteiger partial charge on any atom is -0.372 e. The van der Waals surface area contributed by atoms with Crippen molar-refractivity contribution in [2.24, 2.45) is 0 Å². The summed E-state index contributed by atoms with van der Waals surface area (Å²) < 4.78 is 11.6. The van der Waals surface area contributed by atoms with Crippen molar-refractivity contribution in [3.8, 4) is 0 Å². The minimum atomic E-state index is -0.105. The van der Waals surface area contributed by atoms with E-state index in [9.17, 15) is 4.79 Å². The minimum absolute atomic E-state index is 0.0142. The van der Waals surface area contributed by atoms with E-state index in [0.717, 1.165) is 38.2 Å². The predicted octanol–water partition coefficient (Wildman–Crippen LogP) is 0.367. The molecule has 3 heterocycles. The molecule has 3 rings (SSSR count). The predicted molar refractivity (Wildman–Crippen MR) is 80.6 cm³/mol. The molecule has 0 aromatic carbocycles. The monoisotopic (exact) mass is 306 g/mol. The van der Waals surface area contributed by atoms with Gasteiger partial charge in [0.2, 0.25) is 5.91 Å². The van der Waals surface area contributed by atoms with Gasteiger partial charge in [-0.25, -0.2) is 4.98 Å². The zero-order valence-electron chi connectivity index (χ0n) is 12.8. The van der Waals surface area contributed by atoms with Gasteiger partial charge in [-0.1, -0.05) is 0 Å². The van der Waals surface area contributed by atoms with Crippen LogP contribution in [0.4, 0.5) is 5.82 Å². The number of nitrogens with zero attached hydrogens (tertiary/aromatic N) is 3. The average molecular weight is 306 g/mol. The van der Waals surface area contributed by atoms with Crippen molar-refractivity contribution in [3.05, 3.63) is 18.6 Å². The Kier molecular flexibility index (Phi) is 4.54. The molecule has 7 nitrogen and oxygen atoms in total. The lowest BCUT2D eigenvalue weighted by Gasteiger charge is -2.39. The summed E-state index contributed by atoms with van der Waals surface area (Å²) in [5, 5.41) is 2.56. The van der Waals surface area contributed by atoms with Gasteiger partial charge < -0.3 is 19.7 Å². The average Bonchev–Trinajstić information content (AvgIpc) is 2.97. The third-order valence-corrected chi connectivity index (χ3v) is 4.45. The topological polar surface area (TPSA) is 76.6 Å². The Bertz CT molecular complexity index is 503. The summed E-state index contributed by atoms with van der Waals surface area (Å²) in [5.74, 6) is 0.821. The lowest BCUT2D eigenvalue weighted by Crippen LogP contribution is -2.44. The van der Waals surface area contributed by atoms with Crippen LogP contribution in [-0.2, 0) is 14.3 Å². The van der Waals surface area contributed by atoms with Crippen molar-refractivity contribution >= 4 is 11.7 Å². The molecule has 2 saturated heterocycles. The van der Waals surface area contributed by atoms with Gasteiger partial charge in [0.25, 0.3) is 0 Å². The van der Waals surface area contributed by atoms with Crippen molar-refractivity contribution in [1.29, 1.82) is 0 Å². The van der Waals surface area contributed by atoms with E-state index in [1.54, 1.807) is 25.6 Å². The molecule has 1 atom stereocenters. The summed E-state index contributed by atoms with van der Waals surface area (Å²) in [6.07, 6.45) is 7.96. The molecule has 1 aromatic heterocycles. The third kappa shape index (κ3) is 3.36. The maximum Gasteiger partial charge on any atom is 0.245 e. The van der Waals surface area contributed by atoms with Crippen LogP contribution in [0.25, 0.3) is 0 Å². The fourth-order valence-corrected chi connectivity index (χ4v) is 3.12. The van der Waals surface area contributed by atoms with E-state index in [1.165, 1.54) is 0 Å². The first kappa shape index (κ1) is 15.2. The lowest BCUT2D eigenvalue weighted by atomic mass is 9.88. The van der Waals surface area contributed by atoms with Crippen LogP contribution < -0.4 is 10.2 Å². The van der Waals surface area contributed by atoms with Gasteiger partial charge in [0, 0.05) is 39.0 Å². The van der Waals surface area contributed by atoms with Crippen LogP contribution in [0.15, 0.2) is 18.6 Å². The quantitative estimate of drug-likeness (QED) is 0.866. The second kappa shape index (κ2) is 6.58. The molecule has 0 radical (unpaired) electrons. The van der Waals surface area contributed by atoms with Crippen LogP contribution in [-0.4, -0.2) is 60.9 Å². The normalized spacial score (nSPS) is 23.7. The molecule has 7 heteroatoms. The lowest BCUT2D eigenvalue weighted by molar-refractivity contribution is -0.127. The number of carbonyl (C=O) groups excluding carboxylic acids is 1. The zero-order chi connectivity index (χ0) is 15.4. The van der Waals surface area contributed by atoms with Crippen molar-refractivity contribution in [2.75, 3.05) is 38.3 Å². The van der Waals surface area contributed by atoms with E-state index in [4.69, 9.17) is 9.47 Å². The number of aromatic nitrogens is 2. The number of piperidine rings is 1. The van der Waals surface area contributed by atoms with Crippen LogP contribution in [0.3, 0.4) is 0 Å². The molecule has 2 aliphatic rings. The standard InChI is InChI=1S/C15H22N4O3/c1-16-14(20)11-21-12-8-15(22-10-12)2-6-19(7-3-15)13-9-17-4-5-18-13/h4-5,9,12H,2-3,6-8,10-11H2,1H3,(H,16,20)/t12-/m0/s1. The molecule has 1 N–H and O–H groups in total. The molecule has 2 aliphatic heterocycles. The Morgan fingerprint density at radius 1 is 1.50 bits per heavy atom. The highest BCUT2D eigenvalue weighted by molar-refractivity contribution is 5.76. The van der Waals surface area contributed by atoms with Gasteiger partial charge in [0.05, 0.1) is 24.5 Å². The number of ether oxygens (including phenoxy) is 2. The second-order valence-electron chi connectivity index (χ2n) is 5.85. The van der Waals surface area contributed by atoms with Gasteiger partial charge in [0.15, 0.2) is 0 Å². The first-order valence-corrected chi connectivity index (χ1v) is 7.68. The second-order valence-corrected chi connectivity index (χ2v) is 5.85. The number of anilines is 1. The molecular formula is C15H22N4O3. The Balaban J connectivity index is 1.50. The molecule has 0 aliphatic carbocycles. The van der Waals surface area contributed by atoms with Gasteiger partial charge in [-0.2, -0.15) is 0 Å². The fraction of sp³-hybridized carbons (Fsp3) is 0.667. The molecule has 1 amide bonds. The van der Waals surface area contributed by atoms with E-state index in [-0.39, 0.29) is 24.2 Å². The molecule has 0 saturated carbocycles. The molecular weight excluding hydrogens is 284 g/mol. The van der Waals surface area contributed by atoms with Crippen LogP contribution in [0.1, 0.15) is 19.3 Å². The number of amides is 1. The number of likely N-dealkylation sites (N-methyl/N-ethyl adjacent to an activating group) is 1. The van der Waals surface area contributed by atoms with Gasteiger partial charge in [0.1, 0.15) is 12.4 Å². The van der Waals surface area contributed by atoms with E-state index < -0.39 is 0 Å². The van der Waals surface area contributed by atoms with E-state index in [2.05, 4.69) is 20.2 Å². The molecule has 1 aromatic rings. The summed E-state index contributed by atoms with van der Waals surface area (Å²) in [5.41, 5.74) is -0.105. The first-order valence-electron chi connectivity index (χ1n) is 7.68. The summed E-state index contributed by atoms with van der Waals surface area (Å²) >= 11 is 0. The molecule has 0 unspecified atom stereocenters. The number of nitrogens with one attached hydrogen (secondary N) is 1. The van der Waals surface area contributed by atoms with Crippen LogP contribution >= 0.6 is 0 Å². The number of hydrogen-bond donors (Lipinski definition) is 1. The highest BCUT2D eigenvalue weighted by Crippen LogP contribution is 2.37. The summed E-state index contributed by atoms with van der Waals surface area (Å²) in [6.45, 7) is 2.48. The molecule has 120 valence electrons. The third-order valence-electron chi connectivity index (χ3n) is 4.45. The van der Waals surface area contributed by atoms with Gasteiger partial charge in [-0.3, -0.25) is 9.78 Å². The molecule has 2 fully saturated rings. The fourth-order valence-electron chi connectivity index (χ4n) is 3.12. The number of carbonyl (C=O) groups is 1. The Morgan fingerprint density at radius 3 is 3.00 bits per heavy atom. The van der Waals surface area contributed by atoms with Crippen molar-refractivity contribution in [1.82, 2.24) is 15.3 Å². The maximum atomic E-state index is 11.2. The molecule has 22 heavy (non-hydrogen) atoms. The van der Waals surface area contributed by atoms with Gasteiger partial charge in [-0.15, -0.1) is 0 Å². The molecule has 1 spiro atoms. The van der Waals surface area contributed by atoms with E-state index in [1.807, 2.05) is 0 Å². The van der Waals surface area contributed by atoms with Crippen molar-refractivity contribution in [3.63, 3.8) is 0 Å². The molecule has 0 bridgehead atoms. The van der Waals surface area contributed by atoms with Gasteiger partial charge >= 0.3 is 0 Å². The van der Waals surface area contributed by atoms with Crippen LogP contribution in [0, 0.1) is 0 Å². The van der Waals surface area contributed by atoms with Crippen molar-refractivity contribution < 1.29 is 14.3 Å². The number of rotatable bonds is 4. The number of hydrogen-bond acceptors (Lipinski definition) is 6. The van der Waals surface area contributed by atoms with Crippen molar-refractivity contribution in [2.45, 2.75) is 31.0 Å². The largest absolute Gasteiger partial charge is 0.372 e. The van der Waals surface area contributed by atoms with Crippen LogP contribution in [0.5, 0.6) is 0 Å². The smallest absolute Gasteiger partial charge is 0.245 e. The Morgan fingerprint density at radius 2 is 2.32 bits per heavy atom. The summed E-state index contributed by atoms with van der Waals surface area (Å²) in [7, 11) is 1.61. The Labute approximate surface area is 130 Å². The highest BCUT2D eigenvalue weighted by Gasteiger charge is 2.43.